The van der Waals surface area contributed by atoms with Gasteiger partial charge in [0.05, 0.1) is 12.5 Å². The van der Waals surface area contributed by atoms with Crippen molar-refractivity contribution in [1.29, 1.82) is 0 Å². The van der Waals surface area contributed by atoms with Crippen LogP contribution in [0.4, 0.5) is 0 Å². The topological polar surface area (TPSA) is 43.4 Å². The smallest absolute Gasteiger partial charge is 0.309 e. The lowest BCUT2D eigenvalue weighted by Crippen LogP contribution is -2.18. The molecular formula is C11H20O3. The number of carbonyl (C=O) groups excluding carboxylic acids is 2. The molecule has 0 fully saturated rings. The quantitative estimate of drug-likeness (QED) is 0.617. The Morgan fingerprint density at radius 3 is 2.14 bits per heavy atom. The molecule has 0 aromatic heterocycles. The second kappa shape index (κ2) is 6.57. The number of hydrogen-bond donors (Lipinski definition) is 0. The van der Waals surface area contributed by atoms with E-state index >= 15 is 0 Å². The normalized spacial score (nSPS) is 12.6. The van der Waals surface area contributed by atoms with Crippen molar-refractivity contribution >= 4 is 11.8 Å². The molecule has 0 aliphatic carbocycles. The minimum absolute atomic E-state index is 0.139. The number of Topliss-reactive ketones (excluding diaryl/α,β-unsaturated/α-hetero) is 1. The third-order valence-corrected chi connectivity index (χ3v) is 1.86. The molecule has 0 bridgehead atoms. The van der Waals surface area contributed by atoms with E-state index in [-0.39, 0.29) is 17.7 Å². The summed E-state index contributed by atoms with van der Waals surface area (Å²) in [6.45, 7) is 7.86. The molecule has 0 aromatic carbocycles. The van der Waals surface area contributed by atoms with E-state index in [9.17, 15) is 9.59 Å². The van der Waals surface area contributed by atoms with E-state index in [1.165, 1.54) is 0 Å². The van der Waals surface area contributed by atoms with Gasteiger partial charge < -0.3 is 4.74 Å². The van der Waals surface area contributed by atoms with Crippen LogP contribution in [-0.4, -0.2) is 18.4 Å². The molecule has 0 radical (unpaired) electrons. The molecule has 82 valence electrons. The van der Waals surface area contributed by atoms with Gasteiger partial charge in [0.15, 0.2) is 0 Å². The largest absolute Gasteiger partial charge is 0.466 e. The van der Waals surface area contributed by atoms with Gasteiger partial charge in [-0.25, -0.2) is 0 Å². The van der Waals surface area contributed by atoms with Crippen LogP contribution in [0, 0.1) is 11.8 Å². The standard InChI is InChI=1S/C11H20O3/c1-5-14-11(13)9(4)7-10(12)6-8(2)3/h8-9H,5-7H2,1-4H3. The minimum atomic E-state index is -0.304. The first-order valence-electron chi connectivity index (χ1n) is 5.15. The van der Waals surface area contributed by atoms with Crippen molar-refractivity contribution in [1.82, 2.24) is 0 Å². The number of ether oxygens (including phenoxy) is 1. The summed E-state index contributed by atoms with van der Waals surface area (Å²) >= 11 is 0. The van der Waals surface area contributed by atoms with Crippen LogP contribution in [0.3, 0.4) is 0 Å². The monoisotopic (exact) mass is 200 g/mol. The third-order valence-electron chi connectivity index (χ3n) is 1.86. The average molecular weight is 200 g/mol. The van der Waals surface area contributed by atoms with E-state index in [1.807, 2.05) is 13.8 Å². The van der Waals surface area contributed by atoms with E-state index in [1.54, 1.807) is 13.8 Å². The van der Waals surface area contributed by atoms with Gasteiger partial charge in [0, 0.05) is 12.8 Å². The van der Waals surface area contributed by atoms with E-state index in [4.69, 9.17) is 4.74 Å². The van der Waals surface area contributed by atoms with Crippen LogP contribution in [0.25, 0.3) is 0 Å². The summed E-state index contributed by atoms with van der Waals surface area (Å²) in [6.07, 6.45) is 0.848. The summed E-state index contributed by atoms with van der Waals surface area (Å²) in [5, 5.41) is 0. The summed E-state index contributed by atoms with van der Waals surface area (Å²) in [6, 6.07) is 0. The number of rotatable bonds is 6. The minimum Gasteiger partial charge on any atom is -0.466 e. The van der Waals surface area contributed by atoms with Crippen molar-refractivity contribution in [2.24, 2.45) is 11.8 Å². The Morgan fingerprint density at radius 1 is 1.14 bits per heavy atom. The van der Waals surface area contributed by atoms with Gasteiger partial charge in [0.1, 0.15) is 5.78 Å². The lowest BCUT2D eigenvalue weighted by molar-refractivity contribution is -0.149. The van der Waals surface area contributed by atoms with Crippen molar-refractivity contribution in [2.75, 3.05) is 6.61 Å². The van der Waals surface area contributed by atoms with Crippen molar-refractivity contribution in [2.45, 2.75) is 40.5 Å². The SMILES string of the molecule is CCOC(=O)C(C)CC(=O)CC(C)C. The highest BCUT2D eigenvalue weighted by Gasteiger charge is 2.18. The molecule has 0 heterocycles. The molecule has 0 aromatic rings. The second-order valence-corrected chi connectivity index (χ2v) is 3.99. The van der Waals surface area contributed by atoms with E-state index < -0.39 is 0 Å². The van der Waals surface area contributed by atoms with Crippen molar-refractivity contribution in [3.63, 3.8) is 0 Å². The molecule has 3 nitrogen and oxygen atoms in total. The van der Waals surface area contributed by atoms with Crippen LogP contribution < -0.4 is 0 Å². The van der Waals surface area contributed by atoms with Gasteiger partial charge in [0.2, 0.25) is 0 Å². The second-order valence-electron chi connectivity index (χ2n) is 3.99. The fourth-order valence-corrected chi connectivity index (χ4v) is 1.25. The summed E-state index contributed by atoms with van der Waals surface area (Å²) in [4.78, 5) is 22.6. The highest BCUT2D eigenvalue weighted by molar-refractivity contribution is 5.84. The van der Waals surface area contributed by atoms with E-state index in [2.05, 4.69) is 0 Å². The number of esters is 1. The molecule has 0 amide bonds. The molecule has 0 N–H and O–H groups in total. The Hall–Kier alpha value is -0.860. The maximum Gasteiger partial charge on any atom is 0.309 e. The van der Waals surface area contributed by atoms with Gasteiger partial charge >= 0.3 is 5.97 Å². The predicted molar refractivity (Wildman–Crippen MR) is 54.9 cm³/mol. The fraction of sp³-hybridized carbons (Fsp3) is 0.818. The van der Waals surface area contributed by atoms with Crippen LogP contribution in [0.5, 0.6) is 0 Å². The Balaban J connectivity index is 3.87. The van der Waals surface area contributed by atoms with Gasteiger partial charge in [-0.1, -0.05) is 20.8 Å². The molecular weight excluding hydrogens is 180 g/mol. The summed E-state index contributed by atoms with van der Waals surface area (Å²) < 4.78 is 4.82. The number of hydrogen-bond acceptors (Lipinski definition) is 3. The zero-order chi connectivity index (χ0) is 11.1. The maximum absolute atomic E-state index is 11.4. The van der Waals surface area contributed by atoms with Crippen molar-refractivity contribution < 1.29 is 14.3 Å². The van der Waals surface area contributed by atoms with Crippen LogP contribution in [0.1, 0.15) is 40.5 Å². The van der Waals surface area contributed by atoms with Crippen LogP contribution in [-0.2, 0) is 14.3 Å². The zero-order valence-corrected chi connectivity index (χ0v) is 9.50. The van der Waals surface area contributed by atoms with E-state index in [0.717, 1.165) is 0 Å². The summed E-state index contributed by atoms with van der Waals surface area (Å²) in [5.74, 6) is -0.0803. The van der Waals surface area contributed by atoms with Gasteiger partial charge in [-0.15, -0.1) is 0 Å². The fourth-order valence-electron chi connectivity index (χ4n) is 1.25. The first-order valence-corrected chi connectivity index (χ1v) is 5.15. The predicted octanol–water partition coefficient (Wildman–Crippen LogP) is 2.19. The summed E-state index contributed by atoms with van der Waals surface area (Å²) in [5.41, 5.74) is 0. The van der Waals surface area contributed by atoms with Crippen LogP contribution in [0.2, 0.25) is 0 Å². The Labute approximate surface area is 85.8 Å². The molecule has 0 saturated heterocycles. The van der Waals surface area contributed by atoms with Gasteiger partial charge in [0.25, 0.3) is 0 Å². The first kappa shape index (κ1) is 13.1. The Morgan fingerprint density at radius 2 is 1.71 bits per heavy atom. The van der Waals surface area contributed by atoms with Crippen molar-refractivity contribution in [3.8, 4) is 0 Å². The molecule has 1 atom stereocenters. The molecule has 0 spiro atoms. The molecule has 1 unspecified atom stereocenters. The zero-order valence-electron chi connectivity index (χ0n) is 9.50. The molecule has 0 aliphatic heterocycles. The average Bonchev–Trinajstić information content (AvgIpc) is 2.02. The lowest BCUT2D eigenvalue weighted by atomic mass is 9.98. The van der Waals surface area contributed by atoms with Crippen molar-refractivity contribution in [3.05, 3.63) is 0 Å². The van der Waals surface area contributed by atoms with Crippen LogP contribution in [0.15, 0.2) is 0 Å². The molecule has 14 heavy (non-hydrogen) atoms. The van der Waals surface area contributed by atoms with Crippen LogP contribution >= 0.6 is 0 Å². The molecule has 3 heteroatoms. The van der Waals surface area contributed by atoms with Gasteiger partial charge in [-0.2, -0.15) is 0 Å². The molecule has 0 aliphatic rings. The third kappa shape index (κ3) is 5.73. The number of ketones is 1. The number of carbonyl (C=O) groups is 2. The lowest BCUT2D eigenvalue weighted by Gasteiger charge is -2.10. The van der Waals surface area contributed by atoms with Gasteiger partial charge in [-0.3, -0.25) is 9.59 Å². The van der Waals surface area contributed by atoms with E-state index in [0.29, 0.717) is 25.4 Å². The maximum atomic E-state index is 11.4. The molecule has 0 saturated carbocycles. The van der Waals surface area contributed by atoms with Gasteiger partial charge in [-0.05, 0) is 12.8 Å². The highest BCUT2D eigenvalue weighted by Crippen LogP contribution is 2.10. The Kier molecular flexibility index (Phi) is 6.17. The highest BCUT2D eigenvalue weighted by atomic mass is 16.5. The first-order chi connectivity index (χ1) is 6.47. The summed E-state index contributed by atoms with van der Waals surface area (Å²) in [7, 11) is 0. The molecule has 0 rings (SSSR count). The Bertz CT molecular complexity index is 197.